The number of nitrogens with one attached hydrogen (secondary N) is 1. The number of carbonyl (C=O) groups is 2. The van der Waals surface area contributed by atoms with Gasteiger partial charge < -0.3 is 10.2 Å². The SMILES string of the molecule is CC(C)C(=O)N(Cc1ccccc1)[C@H](C)C(=O)NCc1ccccn1. The van der Waals surface area contributed by atoms with Gasteiger partial charge in [0.1, 0.15) is 6.04 Å². The first-order valence-electron chi connectivity index (χ1n) is 8.51. The number of amides is 2. The molecule has 2 rings (SSSR count). The van der Waals surface area contributed by atoms with Crippen molar-refractivity contribution in [2.45, 2.75) is 39.9 Å². The quantitative estimate of drug-likeness (QED) is 0.844. The molecule has 1 aromatic carbocycles. The van der Waals surface area contributed by atoms with Crippen LogP contribution in [0.2, 0.25) is 0 Å². The van der Waals surface area contributed by atoms with E-state index in [2.05, 4.69) is 10.3 Å². The van der Waals surface area contributed by atoms with E-state index in [9.17, 15) is 9.59 Å². The number of benzene rings is 1. The van der Waals surface area contributed by atoms with Gasteiger partial charge in [-0.3, -0.25) is 14.6 Å². The fourth-order valence-corrected chi connectivity index (χ4v) is 2.49. The van der Waals surface area contributed by atoms with Crippen LogP contribution in [-0.2, 0) is 22.7 Å². The predicted molar refractivity (Wildman–Crippen MR) is 97.4 cm³/mol. The van der Waals surface area contributed by atoms with Crippen molar-refractivity contribution in [2.75, 3.05) is 0 Å². The number of hydrogen-bond acceptors (Lipinski definition) is 3. The highest BCUT2D eigenvalue weighted by Gasteiger charge is 2.27. The normalized spacial score (nSPS) is 11.8. The first-order chi connectivity index (χ1) is 12.0. The van der Waals surface area contributed by atoms with E-state index in [1.54, 1.807) is 18.0 Å². The van der Waals surface area contributed by atoms with Gasteiger partial charge in [-0.1, -0.05) is 50.2 Å². The Balaban J connectivity index is 2.06. The zero-order valence-corrected chi connectivity index (χ0v) is 15.0. The molecule has 0 radical (unpaired) electrons. The Morgan fingerprint density at radius 3 is 2.32 bits per heavy atom. The van der Waals surface area contributed by atoms with Gasteiger partial charge >= 0.3 is 0 Å². The third-order valence-electron chi connectivity index (χ3n) is 3.99. The molecule has 25 heavy (non-hydrogen) atoms. The molecule has 0 bridgehead atoms. The van der Waals surface area contributed by atoms with Crippen molar-refractivity contribution in [2.24, 2.45) is 5.92 Å². The van der Waals surface area contributed by atoms with Gasteiger partial charge in [0.2, 0.25) is 11.8 Å². The summed E-state index contributed by atoms with van der Waals surface area (Å²) in [7, 11) is 0. The van der Waals surface area contributed by atoms with Crippen LogP contribution >= 0.6 is 0 Å². The van der Waals surface area contributed by atoms with Crippen LogP contribution in [0.1, 0.15) is 32.0 Å². The van der Waals surface area contributed by atoms with Gasteiger partial charge in [-0.15, -0.1) is 0 Å². The summed E-state index contributed by atoms with van der Waals surface area (Å²) in [5.74, 6) is -0.394. The molecule has 0 aliphatic carbocycles. The molecule has 0 aliphatic heterocycles. The molecule has 132 valence electrons. The fourth-order valence-electron chi connectivity index (χ4n) is 2.49. The molecule has 2 aromatic rings. The molecule has 1 N–H and O–H groups in total. The van der Waals surface area contributed by atoms with Crippen molar-refractivity contribution >= 4 is 11.8 Å². The summed E-state index contributed by atoms with van der Waals surface area (Å²) in [4.78, 5) is 31.0. The lowest BCUT2D eigenvalue weighted by Crippen LogP contribution is -2.48. The monoisotopic (exact) mass is 339 g/mol. The van der Waals surface area contributed by atoms with Crippen molar-refractivity contribution in [3.63, 3.8) is 0 Å². The van der Waals surface area contributed by atoms with Gasteiger partial charge in [0, 0.05) is 18.7 Å². The lowest BCUT2D eigenvalue weighted by atomic mass is 10.1. The molecule has 0 unspecified atom stereocenters. The highest BCUT2D eigenvalue weighted by atomic mass is 16.2. The smallest absolute Gasteiger partial charge is 0.242 e. The van der Waals surface area contributed by atoms with Gasteiger partial charge in [0.05, 0.1) is 12.2 Å². The Hall–Kier alpha value is -2.69. The first-order valence-corrected chi connectivity index (χ1v) is 8.51. The maximum absolute atomic E-state index is 12.6. The standard InChI is InChI=1S/C20H25N3O2/c1-15(2)20(25)23(14-17-9-5-4-6-10-17)16(3)19(24)22-13-18-11-7-8-12-21-18/h4-12,15-16H,13-14H2,1-3H3,(H,22,24)/t16-/m1/s1. The molecule has 2 amide bonds. The average Bonchev–Trinajstić information content (AvgIpc) is 2.64. The summed E-state index contributed by atoms with van der Waals surface area (Å²) < 4.78 is 0. The third-order valence-corrected chi connectivity index (χ3v) is 3.99. The Kier molecular flexibility index (Phi) is 6.69. The number of pyridine rings is 1. The third kappa shape index (κ3) is 5.41. The minimum absolute atomic E-state index is 0.0376. The number of hydrogen-bond donors (Lipinski definition) is 1. The van der Waals surface area contributed by atoms with Crippen molar-refractivity contribution in [3.8, 4) is 0 Å². The number of nitrogens with zero attached hydrogens (tertiary/aromatic N) is 2. The largest absolute Gasteiger partial charge is 0.349 e. The van der Waals surface area contributed by atoms with E-state index in [0.717, 1.165) is 11.3 Å². The Bertz CT molecular complexity index is 687. The maximum Gasteiger partial charge on any atom is 0.242 e. The van der Waals surface area contributed by atoms with Crippen molar-refractivity contribution in [1.82, 2.24) is 15.2 Å². The lowest BCUT2D eigenvalue weighted by Gasteiger charge is -2.30. The fraction of sp³-hybridized carbons (Fsp3) is 0.350. The summed E-state index contributed by atoms with van der Waals surface area (Å²) in [6.45, 7) is 6.21. The molecule has 5 heteroatoms. The van der Waals surface area contributed by atoms with Crippen LogP contribution in [0.4, 0.5) is 0 Å². The van der Waals surface area contributed by atoms with Crippen LogP contribution in [-0.4, -0.2) is 27.7 Å². The molecule has 1 aromatic heterocycles. The van der Waals surface area contributed by atoms with E-state index in [4.69, 9.17) is 0 Å². The minimum Gasteiger partial charge on any atom is -0.349 e. The zero-order chi connectivity index (χ0) is 18.2. The van der Waals surface area contributed by atoms with Gasteiger partial charge in [-0.05, 0) is 24.6 Å². The molecule has 0 fully saturated rings. The van der Waals surface area contributed by atoms with Crippen molar-refractivity contribution in [3.05, 3.63) is 66.0 Å². The molecule has 0 saturated heterocycles. The van der Waals surface area contributed by atoms with Crippen molar-refractivity contribution < 1.29 is 9.59 Å². The van der Waals surface area contributed by atoms with E-state index in [1.807, 2.05) is 62.4 Å². The molecule has 0 saturated carbocycles. The first kappa shape index (κ1) is 18.6. The topological polar surface area (TPSA) is 62.3 Å². The van der Waals surface area contributed by atoms with Gasteiger partial charge in [-0.25, -0.2) is 0 Å². The number of carbonyl (C=O) groups excluding carboxylic acids is 2. The van der Waals surface area contributed by atoms with Gasteiger partial charge in [0.15, 0.2) is 0 Å². The van der Waals surface area contributed by atoms with E-state index >= 15 is 0 Å². The summed E-state index contributed by atoms with van der Waals surface area (Å²) in [6, 6.07) is 14.7. The van der Waals surface area contributed by atoms with Crippen molar-refractivity contribution in [1.29, 1.82) is 0 Å². The highest BCUT2D eigenvalue weighted by molar-refractivity contribution is 5.88. The molecule has 1 atom stereocenters. The summed E-state index contributed by atoms with van der Waals surface area (Å²) in [5, 5.41) is 2.86. The van der Waals surface area contributed by atoms with Gasteiger partial charge in [0.25, 0.3) is 0 Å². The summed E-state index contributed by atoms with van der Waals surface area (Å²) in [5.41, 5.74) is 1.79. The summed E-state index contributed by atoms with van der Waals surface area (Å²) >= 11 is 0. The van der Waals surface area contributed by atoms with Crippen LogP contribution in [0.15, 0.2) is 54.7 Å². The zero-order valence-electron chi connectivity index (χ0n) is 15.0. The van der Waals surface area contributed by atoms with E-state index in [-0.39, 0.29) is 17.7 Å². The molecular formula is C20H25N3O2. The minimum atomic E-state index is -0.557. The average molecular weight is 339 g/mol. The second kappa shape index (κ2) is 8.97. The van der Waals surface area contributed by atoms with E-state index in [1.165, 1.54) is 0 Å². The van der Waals surface area contributed by atoms with E-state index in [0.29, 0.717) is 13.1 Å². The number of rotatable bonds is 7. The molecular weight excluding hydrogens is 314 g/mol. The molecule has 0 spiro atoms. The van der Waals surface area contributed by atoms with E-state index < -0.39 is 6.04 Å². The second-order valence-corrected chi connectivity index (χ2v) is 6.32. The maximum atomic E-state index is 12.6. The highest BCUT2D eigenvalue weighted by Crippen LogP contribution is 2.13. The van der Waals surface area contributed by atoms with Crippen LogP contribution in [0.25, 0.3) is 0 Å². The van der Waals surface area contributed by atoms with Crippen LogP contribution < -0.4 is 5.32 Å². The predicted octanol–water partition coefficient (Wildman–Crippen LogP) is 2.77. The molecule has 1 heterocycles. The Morgan fingerprint density at radius 2 is 1.72 bits per heavy atom. The van der Waals surface area contributed by atoms with Gasteiger partial charge in [-0.2, -0.15) is 0 Å². The van der Waals surface area contributed by atoms with Crippen LogP contribution in [0.3, 0.4) is 0 Å². The molecule has 5 nitrogen and oxygen atoms in total. The van der Waals surface area contributed by atoms with Crippen LogP contribution in [0, 0.1) is 5.92 Å². The lowest BCUT2D eigenvalue weighted by molar-refractivity contribution is -0.143. The summed E-state index contributed by atoms with van der Waals surface area (Å²) in [6.07, 6.45) is 1.69. The second-order valence-electron chi connectivity index (χ2n) is 6.32. The Labute approximate surface area is 149 Å². The Morgan fingerprint density at radius 1 is 1.04 bits per heavy atom. The van der Waals surface area contributed by atoms with Crippen LogP contribution in [0.5, 0.6) is 0 Å². The molecule has 0 aliphatic rings. The number of aromatic nitrogens is 1.